The largest absolute Gasteiger partial charge is 0.207 e. The third kappa shape index (κ3) is 4.15. The van der Waals surface area contributed by atoms with Crippen LogP contribution >= 0.6 is 0 Å². The zero-order valence-electron chi connectivity index (χ0n) is 14.8. The molecule has 0 heterocycles. The van der Waals surface area contributed by atoms with Crippen molar-refractivity contribution in [1.29, 1.82) is 0 Å². The van der Waals surface area contributed by atoms with E-state index in [-0.39, 0.29) is 11.6 Å². The van der Waals surface area contributed by atoms with Gasteiger partial charge in [-0.15, -0.1) is 0 Å². The smallest absolute Gasteiger partial charge is 0.123 e. The molecule has 0 saturated carbocycles. The van der Waals surface area contributed by atoms with Crippen LogP contribution in [0.1, 0.15) is 30.5 Å². The van der Waals surface area contributed by atoms with Crippen molar-refractivity contribution in [2.75, 3.05) is 0 Å². The third-order valence-corrected chi connectivity index (χ3v) is 4.13. The van der Waals surface area contributed by atoms with E-state index in [9.17, 15) is 8.78 Å². The van der Waals surface area contributed by atoms with E-state index in [2.05, 4.69) is 0 Å². The molecule has 3 aromatic carbocycles. The second-order valence-corrected chi connectivity index (χ2v) is 6.36. The van der Waals surface area contributed by atoms with Crippen LogP contribution in [0.15, 0.2) is 84.4 Å². The van der Waals surface area contributed by atoms with Gasteiger partial charge in [-0.1, -0.05) is 60.2 Å². The molecule has 0 fully saturated rings. The minimum Gasteiger partial charge on any atom is -0.207 e. The van der Waals surface area contributed by atoms with Gasteiger partial charge in [0.15, 0.2) is 0 Å². The van der Waals surface area contributed by atoms with E-state index in [1.165, 1.54) is 24.3 Å². The van der Waals surface area contributed by atoms with Gasteiger partial charge in [-0.3, -0.25) is 0 Å². The second kappa shape index (κ2) is 7.92. The minimum absolute atomic E-state index is 0.292. The molecule has 3 aromatic rings. The molecule has 0 aliphatic carbocycles. The first-order valence-electron chi connectivity index (χ1n) is 8.51. The zero-order valence-corrected chi connectivity index (χ0v) is 14.8. The van der Waals surface area contributed by atoms with E-state index < -0.39 is 0 Å². The maximum absolute atomic E-state index is 13.9. The Hall–Kier alpha value is -3.00. The summed E-state index contributed by atoms with van der Waals surface area (Å²) in [6, 6.07) is 22.9. The van der Waals surface area contributed by atoms with Crippen molar-refractivity contribution in [2.45, 2.75) is 13.8 Å². The summed E-state index contributed by atoms with van der Waals surface area (Å²) in [6.45, 7) is 3.97. The maximum Gasteiger partial charge on any atom is 0.123 e. The molecule has 0 unspecified atom stereocenters. The van der Waals surface area contributed by atoms with E-state index in [0.717, 1.165) is 33.4 Å². The number of halogens is 2. The van der Waals surface area contributed by atoms with Crippen molar-refractivity contribution in [3.8, 4) is 0 Å². The summed E-state index contributed by atoms with van der Waals surface area (Å²) in [7, 11) is 0. The van der Waals surface area contributed by atoms with Gasteiger partial charge in [-0.2, -0.15) is 0 Å². The van der Waals surface area contributed by atoms with E-state index in [4.69, 9.17) is 0 Å². The molecule has 0 spiro atoms. The molecule has 0 atom stereocenters. The molecule has 0 saturated heterocycles. The number of allylic oxidation sites excluding steroid dienone is 3. The lowest BCUT2D eigenvalue weighted by Gasteiger charge is -2.16. The first-order chi connectivity index (χ1) is 12.5. The molecule has 3 rings (SSSR count). The van der Waals surface area contributed by atoms with Crippen molar-refractivity contribution in [3.63, 3.8) is 0 Å². The Labute approximate surface area is 153 Å². The van der Waals surface area contributed by atoms with Crippen LogP contribution < -0.4 is 0 Å². The monoisotopic (exact) mass is 346 g/mol. The summed E-state index contributed by atoms with van der Waals surface area (Å²) >= 11 is 0. The number of hydrogen-bond donors (Lipinski definition) is 0. The van der Waals surface area contributed by atoms with Gasteiger partial charge in [0.1, 0.15) is 11.6 Å². The van der Waals surface area contributed by atoms with Gasteiger partial charge in [0, 0.05) is 0 Å². The fourth-order valence-corrected chi connectivity index (χ4v) is 3.03. The second-order valence-electron chi connectivity index (χ2n) is 6.36. The molecule has 26 heavy (non-hydrogen) atoms. The fraction of sp³-hybridized carbons (Fsp3) is 0.0833. The average Bonchev–Trinajstić information content (AvgIpc) is 2.62. The summed E-state index contributed by atoms with van der Waals surface area (Å²) in [4.78, 5) is 0. The van der Waals surface area contributed by atoms with Crippen LogP contribution in [0, 0.1) is 11.6 Å². The van der Waals surface area contributed by atoms with E-state index in [1.54, 1.807) is 12.1 Å². The summed E-state index contributed by atoms with van der Waals surface area (Å²) in [6.07, 6.45) is 2.02. The summed E-state index contributed by atoms with van der Waals surface area (Å²) in [5, 5.41) is 0. The maximum atomic E-state index is 13.9. The highest BCUT2D eigenvalue weighted by molar-refractivity contribution is 6.11. The molecule has 0 amide bonds. The van der Waals surface area contributed by atoms with Crippen molar-refractivity contribution in [3.05, 3.63) is 113 Å². The van der Waals surface area contributed by atoms with Gasteiger partial charge < -0.3 is 0 Å². The molecule has 0 radical (unpaired) electrons. The Morgan fingerprint density at radius 1 is 0.692 bits per heavy atom. The molecule has 0 aromatic heterocycles. The van der Waals surface area contributed by atoms with Crippen LogP contribution in [-0.2, 0) is 0 Å². The Morgan fingerprint density at radius 3 is 1.85 bits per heavy atom. The van der Waals surface area contributed by atoms with Gasteiger partial charge in [-0.05, 0) is 72.0 Å². The molecule has 0 N–H and O–H groups in total. The van der Waals surface area contributed by atoms with Crippen molar-refractivity contribution >= 4 is 17.2 Å². The molecule has 130 valence electrons. The molecule has 0 bridgehead atoms. The van der Waals surface area contributed by atoms with E-state index in [0.29, 0.717) is 0 Å². The first kappa shape index (κ1) is 17.8. The lowest BCUT2D eigenvalue weighted by Crippen LogP contribution is -1.95. The lowest BCUT2D eigenvalue weighted by molar-refractivity contribution is 0.626. The average molecular weight is 346 g/mol. The topological polar surface area (TPSA) is 0 Å². The molecule has 2 heteroatoms. The van der Waals surface area contributed by atoms with Gasteiger partial charge in [0.2, 0.25) is 0 Å². The summed E-state index contributed by atoms with van der Waals surface area (Å²) in [5.74, 6) is -0.589. The predicted octanol–water partition coefficient (Wildman–Crippen LogP) is 7.00. The van der Waals surface area contributed by atoms with E-state index in [1.807, 2.05) is 62.4 Å². The summed E-state index contributed by atoms with van der Waals surface area (Å²) in [5.41, 5.74) is 5.33. The molecule has 0 nitrogen and oxygen atoms in total. The Kier molecular flexibility index (Phi) is 5.43. The quantitative estimate of drug-likeness (QED) is 0.352. The van der Waals surface area contributed by atoms with Gasteiger partial charge >= 0.3 is 0 Å². The standard InChI is InChI=1S/C24H20F2/c1-17(2)24(20-11-7-13-22(26)16-20)23(14-18-8-4-3-5-9-18)19-10-6-12-21(25)15-19/h3-16H,1-2H3/b23-14+. The third-order valence-electron chi connectivity index (χ3n) is 4.13. The van der Waals surface area contributed by atoms with Crippen molar-refractivity contribution in [2.24, 2.45) is 0 Å². The van der Waals surface area contributed by atoms with Crippen LogP contribution in [0.3, 0.4) is 0 Å². The first-order valence-corrected chi connectivity index (χ1v) is 8.51. The van der Waals surface area contributed by atoms with Gasteiger partial charge in [0.25, 0.3) is 0 Å². The minimum atomic E-state index is -0.297. The fourth-order valence-electron chi connectivity index (χ4n) is 3.03. The Morgan fingerprint density at radius 2 is 1.27 bits per heavy atom. The lowest BCUT2D eigenvalue weighted by atomic mass is 9.88. The number of benzene rings is 3. The SMILES string of the molecule is CC(C)=C(/C(=C/c1ccccc1)c1cccc(F)c1)c1cccc(F)c1. The molecule has 0 aliphatic rings. The van der Waals surface area contributed by atoms with Crippen molar-refractivity contribution < 1.29 is 8.78 Å². The van der Waals surface area contributed by atoms with Crippen LogP contribution in [-0.4, -0.2) is 0 Å². The normalized spacial score (nSPS) is 11.3. The van der Waals surface area contributed by atoms with E-state index >= 15 is 0 Å². The highest BCUT2D eigenvalue weighted by atomic mass is 19.1. The highest BCUT2D eigenvalue weighted by Gasteiger charge is 2.14. The Balaban J connectivity index is 2.25. The van der Waals surface area contributed by atoms with Crippen LogP contribution in [0.5, 0.6) is 0 Å². The van der Waals surface area contributed by atoms with Gasteiger partial charge in [0.05, 0.1) is 0 Å². The van der Waals surface area contributed by atoms with Crippen LogP contribution in [0.4, 0.5) is 8.78 Å². The molecular formula is C24H20F2. The predicted molar refractivity (Wildman–Crippen MR) is 105 cm³/mol. The molecule has 0 aliphatic heterocycles. The van der Waals surface area contributed by atoms with Crippen molar-refractivity contribution in [1.82, 2.24) is 0 Å². The van der Waals surface area contributed by atoms with Gasteiger partial charge in [-0.25, -0.2) is 8.78 Å². The highest BCUT2D eigenvalue weighted by Crippen LogP contribution is 2.36. The Bertz CT molecular complexity index is 962. The zero-order chi connectivity index (χ0) is 18.5. The van der Waals surface area contributed by atoms with Crippen LogP contribution in [0.2, 0.25) is 0 Å². The van der Waals surface area contributed by atoms with Crippen LogP contribution in [0.25, 0.3) is 17.2 Å². The number of hydrogen-bond acceptors (Lipinski definition) is 0. The molecular weight excluding hydrogens is 326 g/mol. The number of rotatable bonds is 4. The summed E-state index contributed by atoms with van der Waals surface area (Å²) < 4.78 is 27.7.